The van der Waals surface area contributed by atoms with E-state index in [1.165, 1.54) is 0 Å². The number of amides is 1. The van der Waals surface area contributed by atoms with Gasteiger partial charge in [-0.15, -0.1) is 0 Å². The van der Waals surface area contributed by atoms with E-state index in [2.05, 4.69) is 5.32 Å². The summed E-state index contributed by atoms with van der Waals surface area (Å²) in [6.45, 7) is 3.96. The molecular weight excluding hydrogens is 397 g/mol. The Morgan fingerprint density at radius 1 is 1.07 bits per heavy atom. The standard InChI is InChI=1S/C19H26ClNO6.Na/c1-13(2)18(24)26-11-3-4-12-27-19(25)21-16(9-10-17(22)23)14-5-7-15(20)8-6-14;/h5-8,13,16H,3-4,9-12H2,1-2H3,(H,21,25)(H,22,23);/q;+1/p-1. The van der Waals surface area contributed by atoms with Crippen LogP contribution in [0.3, 0.4) is 0 Å². The molecule has 0 aliphatic rings. The molecule has 9 heteroatoms. The molecule has 0 radical (unpaired) electrons. The van der Waals surface area contributed by atoms with Crippen molar-refractivity contribution in [2.45, 2.75) is 45.6 Å². The van der Waals surface area contributed by atoms with Gasteiger partial charge in [-0.05, 0) is 43.4 Å². The topological polar surface area (TPSA) is 105 Å². The third-order valence-corrected chi connectivity index (χ3v) is 3.94. The monoisotopic (exact) mass is 421 g/mol. The average Bonchev–Trinajstić information content (AvgIpc) is 2.61. The van der Waals surface area contributed by atoms with Gasteiger partial charge < -0.3 is 24.7 Å². The van der Waals surface area contributed by atoms with Crippen LogP contribution in [0, 0.1) is 5.92 Å². The van der Waals surface area contributed by atoms with Crippen LogP contribution in [0.2, 0.25) is 5.02 Å². The summed E-state index contributed by atoms with van der Waals surface area (Å²) in [6.07, 6.45) is 0.451. The zero-order chi connectivity index (χ0) is 20.2. The Kier molecular flexibility index (Phi) is 14.0. The molecule has 0 bridgehead atoms. The Morgan fingerprint density at radius 2 is 1.64 bits per heavy atom. The first-order valence-electron chi connectivity index (χ1n) is 8.84. The Balaban J connectivity index is 0.00000729. The van der Waals surface area contributed by atoms with Gasteiger partial charge in [0.25, 0.3) is 0 Å². The third-order valence-electron chi connectivity index (χ3n) is 3.69. The fourth-order valence-corrected chi connectivity index (χ4v) is 2.30. The van der Waals surface area contributed by atoms with Crippen molar-refractivity contribution in [3.05, 3.63) is 34.9 Å². The third kappa shape index (κ3) is 11.5. The summed E-state index contributed by atoms with van der Waals surface area (Å²) in [4.78, 5) is 34.0. The average molecular weight is 422 g/mol. The van der Waals surface area contributed by atoms with Crippen molar-refractivity contribution in [3.63, 3.8) is 0 Å². The van der Waals surface area contributed by atoms with Crippen molar-refractivity contribution in [1.29, 1.82) is 0 Å². The van der Waals surface area contributed by atoms with Gasteiger partial charge in [0.1, 0.15) is 0 Å². The number of carbonyl (C=O) groups is 3. The molecule has 1 N–H and O–H groups in total. The smallest absolute Gasteiger partial charge is 0.550 e. The van der Waals surface area contributed by atoms with E-state index in [0.717, 1.165) is 5.56 Å². The van der Waals surface area contributed by atoms with Gasteiger partial charge in [-0.3, -0.25) is 4.79 Å². The predicted molar refractivity (Wildman–Crippen MR) is 97.9 cm³/mol. The Morgan fingerprint density at radius 3 is 2.18 bits per heavy atom. The van der Waals surface area contributed by atoms with Crippen molar-refractivity contribution in [2.75, 3.05) is 13.2 Å². The van der Waals surface area contributed by atoms with Gasteiger partial charge in [0, 0.05) is 11.0 Å². The molecule has 0 fully saturated rings. The maximum absolute atomic E-state index is 12.0. The number of benzene rings is 1. The number of hydrogen-bond acceptors (Lipinski definition) is 6. The molecule has 1 amide bonds. The molecule has 1 aromatic carbocycles. The number of hydrogen-bond donors (Lipinski definition) is 1. The quantitative estimate of drug-likeness (QED) is 0.297. The number of carboxylic acid groups (broad SMARTS) is 1. The SMILES string of the molecule is CC(C)C(=O)OCCCCOC(=O)NC(CCC(=O)[O-])c1ccc(Cl)cc1.[Na+]. The maximum Gasteiger partial charge on any atom is 1.00 e. The van der Waals surface area contributed by atoms with Crippen molar-refractivity contribution >= 4 is 29.6 Å². The van der Waals surface area contributed by atoms with Crippen LogP contribution >= 0.6 is 11.6 Å². The van der Waals surface area contributed by atoms with Crippen molar-refractivity contribution in [1.82, 2.24) is 5.32 Å². The van der Waals surface area contributed by atoms with E-state index in [-0.39, 0.29) is 67.5 Å². The van der Waals surface area contributed by atoms with E-state index >= 15 is 0 Å². The molecule has 1 atom stereocenters. The first-order chi connectivity index (χ1) is 12.8. The van der Waals surface area contributed by atoms with Crippen LogP contribution in [0.15, 0.2) is 24.3 Å². The molecule has 0 heterocycles. The molecule has 7 nitrogen and oxygen atoms in total. The number of unbranched alkanes of at least 4 members (excludes halogenated alkanes) is 1. The molecule has 1 aromatic rings. The predicted octanol–water partition coefficient (Wildman–Crippen LogP) is -0.379. The summed E-state index contributed by atoms with van der Waals surface area (Å²) >= 11 is 5.85. The van der Waals surface area contributed by atoms with Gasteiger partial charge in [0.05, 0.1) is 25.2 Å². The number of esters is 1. The second-order valence-electron chi connectivity index (χ2n) is 6.32. The van der Waals surface area contributed by atoms with Crippen LogP contribution < -0.4 is 40.0 Å². The van der Waals surface area contributed by atoms with E-state index in [4.69, 9.17) is 21.1 Å². The van der Waals surface area contributed by atoms with Gasteiger partial charge in [-0.25, -0.2) is 4.79 Å². The number of carbonyl (C=O) groups excluding carboxylic acids is 3. The molecule has 0 aliphatic heterocycles. The summed E-state index contributed by atoms with van der Waals surface area (Å²) in [5.74, 6) is -1.62. The number of nitrogens with one attached hydrogen (secondary N) is 1. The number of rotatable bonds is 11. The van der Waals surface area contributed by atoms with Crippen molar-refractivity contribution in [2.24, 2.45) is 5.92 Å². The van der Waals surface area contributed by atoms with Crippen molar-refractivity contribution < 1.29 is 58.5 Å². The number of aliphatic carboxylic acids is 1. The molecule has 28 heavy (non-hydrogen) atoms. The van der Waals surface area contributed by atoms with Crippen LogP contribution in [-0.4, -0.2) is 31.2 Å². The van der Waals surface area contributed by atoms with Crippen molar-refractivity contribution in [3.8, 4) is 0 Å². The van der Waals surface area contributed by atoms with Crippen LogP contribution in [0.25, 0.3) is 0 Å². The van der Waals surface area contributed by atoms with Gasteiger partial charge in [0.15, 0.2) is 0 Å². The summed E-state index contributed by atoms with van der Waals surface area (Å²) in [7, 11) is 0. The van der Waals surface area contributed by atoms with E-state index < -0.39 is 18.1 Å². The Hall–Kier alpha value is -1.28. The van der Waals surface area contributed by atoms with E-state index in [1.54, 1.807) is 38.1 Å². The second kappa shape index (κ2) is 14.7. The van der Waals surface area contributed by atoms with E-state index in [1.807, 2.05) is 0 Å². The Bertz CT molecular complexity index is 623. The van der Waals surface area contributed by atoms with E-state index in [9.17, 15) is 19.5 Å². The molecule has 0 aliphatic carbocycles. The first-order valence-corrected chi connectivity index (χ1v) is 9.22. The largest absolute Gasteiger partial charge is 1.00 e. The molecular formula is C19H25ClNNaO6. The first kappa shape index (κ1) is 26.7. The number of halogens is 1. The second-order valence-corrected chi connectivity index (χ2v) is 6.76. The maximum atomic E-state index is 12.0. The minimum Gasteiger partial charge on any atom is -0.550 e. The van der Waals surface area contributed by atoms with Crippen LogP contribution in [0.4, 0.5) is 4.79 Å². The molecule has 0 aromatic heterocycles. The van der Waals surface area contributed by atoms with Crippen LogP contribution in [-0.2, 0) is 19.1 Å². The summed E-state index contributed by atoms with van der Waals surface area (Å²) in [5.41, 5.74) is 0.721. The molecule has 1 rings (SSSR count). The van der Waals surface area contributed by atoms with E-state index in [0.29, 0.717) is 17.9 Å². The van der Waals surface area contributed by atoms with Crippen LogP contribution in [0.5, 0.6) is 0 Å². The van der Waals surface area contributed by atoms with Gasteiger partial charge >= 0.3 is 41.6 Å². The fraction of sp³-hybridized carbons (Fsp3) is 0.526. The van der Waals surface area contributed by atoms with Crippen LogP contribution in [0.1, 0.15) is 51.1 Å². The molecule has 1 unspecified atom stereocenters. The minimum atomic E-state index is -1.19. The van der Waals surface area contributed by atoms with Gasteiger partial charge in [-0.1, -0.05) is 37.6 Å². The molecule has 0 saturated carbocycles. The van der Waals surface area contributed by atoms with Gasteiger partial charge in [0.2, 0.25) is 0 Å². The van der Waals surface area contributed by atoms with Gasteiger partial charge in [-0.2, -0.15) is 0 Å². The molecule has 0 spiro atoms. The number of alkyl carbamates (subject to hydrolysis) is 1. The minimum absolute atomic E-state index is 0. The summed E-state index contributed by atoms with van der Waals surface area (Å²) < 4.78 is 10.1. The normalized spacial score (nSPS) is 11.3. The molecule has 0 saturated heterocycles. The molecule has 150 valence electrons. The number of carboxylic acids is 1. The number of ether oxygens (including phenoxy) is 2. The zero-order valence-electron chi connectivity index (χ0n) is 16.5. The summed E-state index contributed by atoms with van der Waals surface area (Å²) in [5, 5.41) is 13.9. The zero-order valence-corrected chi connectivity index (χ0v) is 19.3. The fourth-order valence-electron chi connectivity index (χ4n) is 2.17. The summed E-state index contributed by atoms with van der Waals surface area (Å²) in [6, 6.07) is 6.22. The Labute approximate surface area is 192 Å².